The maximum absolute atomic E-state index is 13.3. The second-order valence-corrected chi connectivity index (χ2v) is 9.73. The van der Waals surface area contributed by atoms with Gasteiger partial charge in [0, 0.05) is 31.7 Å². The molecule has 1 saturated heterocycles. The van der Waals surface area contributed by atoms with Crippen LogP contribution >= 0.6 is 11.5 Å². The van der Waals surface area contributed by atoms with E-state index in [4.69, 9.17) is 0 Å². The van der Waals surface area contributed by atoms with Crippen LogP contribution in [0.25, 0.3) is 0 Å². The van der Waals surface area contributed by atoms with Crippen LogP contribution in [0.15, 0.2) is 23.5 Å². The Bertz CT molecular complexity index is 803. The van der Waals surface area contributed by atoms with Gasteiger partial charge in [-0.05, 0) is 37.7 Å². The van der Waals surface area contributed by atoms with E-state index in [9.17, 15) is 8.42 Å². The fourth-order valence-electron chi connectivity index (χ4n) is 4.18. The van der Waals surface area contributed by atoms with Crippen molar-refractivity contribution in [2.24, 2.45) is 13.0 Å². The maximum atomic E-state index is 13.3. The van der Waals surface area contributed by atoms with E-state index < -0.39 is 14.6 Å². The molecular formula is C15H21N5O2S2. The third kappa shape index (κ3) is 2.28. The zero-order valence-corrected chi connectivity index (χ0v) is 15.3. The molecule has 1 aliphatic heterocycles. The van der Waals surface area contributed by atoms with Crippen molar-refractivity contribution in [3.63, 3.8) is 0 Å². The molecule has 1 saturated carbocycles. The molecule has 0 amide bonds. The molecule has 0 spiro atoms. The van der Waals surface area contributed by atoms with Crippen molar-refractivity contribution in [1.82, 2.24) is 19.4 Å². The highest BCUT2D eigenvalue weighted by Gasteiger charge is 2.55. The predicted molar refractivity (Wildman–Crippen MR) is 91.8 cm³/mol. The molecule has 0 N–H and O–H groups in total. The summed E-state index contributed by atoms with van der Waals surface area (Å²) in [4.78, 5) is 2.27. The largest absolute Gasteiger partial charge is 0.361 e. The van der Waals surface area contributed by atoms with E-state index in [1.165, 1.54) is 16.2 Å². The summed E-state index contributed by atoms with van der Waals surface area (Å²) in [7, 11) is -1.66. The highest BCUT2D eigenvalue weighted by Crippen LogP contribution is 2.51. The highest BCUT2D eigenvalue weighted by molar-refractivity contribution is 7.92. The fraction of sp³-hybridized carbons (Fsp3) is 0.667. The van der Waals surface area contributed by atoms with Crippen molar-refractivity contribution >= 4 is 26.4 Å². The van der Waals surface area contributed by atoms with Crippen LogP contribution in [-0.4, -0.2) is 45.6 Å². The lowest BCUT2D eigenvalue weighted by molar-refractivity contribution is 0.200. The van der Waals surface area contributed by atoms with E-state index >= 15 is 0 Å². The Morgan fingerprint density at radius 1 is 1.29 bits per heavy atom. The van der Waals surface area contributed by atoms with Crippen molar-refractivity contribution in [3.8, 4) is 0 Å². The van der Waals surface area contributed by atoms with E-state index in [1.807, 2.05) is 0 Å². The summed E-state index contributed by atoms with van der Waals surface area (Å²) in [6.07, 6.45) is 7.69. The molecule has 0 bridgehead atoms. The van der Waals surface area contributed by atoms with Crippen LogP contribution in [0.1, 0.15) is 32.1 Å². The Hall–Kier alpha value is -1.48. The van der Waals surface area contributed by atoms with Gasteiger partial charge in [-0.2, -0.15) is 5.10 Å². The smallest absolute Gasteiger partial charge is 0.201 e. The van der Waals surface area contributed by atoms with E-state index in [1.54, 1.807) is 25.5 Å². The molecule has 130 valence electrons. The summed E-state index contributed by atoms with van der Waals surface area (Å²) < 4.78 is 31.5. The van der Waals surface area contributed by atoms with Gasteiger partial charge >= 0.3 is 0 Å². The number of piperidine rings is 1. The predicted octanol–water partition coefficient (Wildman–Crippen LogP) is 1.88. The third-order valence-corrected chi connectivity index (χ3v) is 9.18. The van der Waals surface area contributed by atoms with Crippen molar-refractivity contribution < 1.29 is 8.42 Å². The van der Waals surface area contributed by atoms with Gasteiger partial charge in [-0.15, -0.1) is 5.10 Å². The summed E-state index contributed by atoms with van der Waals surface area (Å²) in [5.41, 5.74) is 0. The Morgan fingerprint density at radius 3 is 2.54 bits per heavy atom. The Labute approximate surface area is 145 Å². The first kappa shape index (κ1) is 16.0. The van der Waals surface area contributed by atoms with E-state index in [2.05, 4.69) is 19.6 Å². The molecule has 2 aliphatic rings. The summed E-state index contributed by atoms with van der Waals surface area (Å²) in [6, 6.07) is 1.63. The number of nitrogens with zero attached hydrogens (tertiary/aromatic N) is 5. The minimum Gasteiger partial charge on any atom is -0.361 e. The monoisotopic (exact) mass is 367 g/mol. The first-order valence-corrected chi connectivity index (χ1v) is 10.6. The molecule has 0 unspecified atom stereocenters. The second-order valence-electron chi connectivity index (χ2n) is 6.73. The van der Waals surface area contributed by atoms with Crippen molar-refractivity contribution in [2.75, 3.05) is 18.0 Å². The zero-order chi connectivity index (χ0) is 16.8. The van der Waals surface area contributed by atoms with E-state index in [0.29, 0.717) is 5.03 Å². The van der Waals surface area contributed by atoms with Crippen LogP contribution in [-0.2, 0) is 16.9 Å². The van der Waals surface area contributed by atoms with Gasteiger partial charge in [-0.1, -0.05) is 10.9 Å². The number of anilines is 1. The normalized spacial score (nSPS) is 21.6. The molecule has 24 heavy (non-hydrogen) atoms. The van der Waals surface area contributed by atoms with Gasteiger partial charge < -0.3 is 4.90 Å². The van der Waals surface area contributed by atoms with Gasteiger partial charge in [-0.25, -0.2) is 8.42 Å². The molecule has 0 atom stereocenters. The topological polar surface area (TPSA) is 81.0 Å². The van der Waals surface area contributed by atoms with Gasteiger partial charge in [0.25, 0.3) is 0 Å². The van der Waals surface area contributed by atoms with Crippen LogP contribution in [0.2, 0.25) is 0 Å². The van der Waals surface area contributed by atoms with Gasteiger partial charge in [0.2, 0.25) is 9.84 Å². The van der Waals surface area contributed by atoms with Gasteiger partial charge in [-0.3, -0.25) is 4.68 Å². The van der Waals surface area contributed by atoms with E-state index in [0.717, 1.165) is 50.2 Å². The molecule has 3 heterocycles. The lowest BCUT2D eigenvalue weighted by Gasteiger charge is -2.49. The SMILES string of the molecule is Cn1nccc1S(=O)(=O)C1(C2CCN(c3cnns3)CC2)CCC1. The number of hydrogen-bond donors (Lipinski definition) is 0. The van der Waals surface area contributed by atoms with Crippen LogP contribution in [0, 0.1) is 5.92 Å². The van der Waals surface area contributed by atoms with E-state index in [-0.39, 0.29) is 5.92 Å². The summed E-state index contributed by atoms with van der Waals surface area (Å²) >= 11 is 1.40. The maximum Gasteiger partial charge on any atom is 0.201 e. The number of rotatable bonds is 4. The first-order chi connectivity index (χ1) is 11.5. The average molecular weight is 368 g/mol. The highest BCUT2D eigenvalue weighted by atomic mass is 32.2. The molecule has 2 fully saturated rings. The van der Waals surface area contributed by atoms with Crippen molar-refractivity contribution in [1.29, 1.82) is 0 Å². The molecule has 2 aromatic heterocycles. The first-order valence-electron chi connectivity index (χ1n) is 8.29. The molecule has 2 aromatic rings. The molecule has 9 heteroatoms. The lowest BCUT2D eigenvalue weighted by Crippen LogP contribution is -2.54. The zero-order valence-electron chi connectivity index (χ0n) is 13.6. The Morgan fingerprint density at radius 2 is 2.04 bits per heavy atom. The molecule has 0 radical (unpaired) electrons. The van der Waals surface area contributed by atoms with Gasteiger partial charge in [0.15, 0.2) is 5.03 Å². The van der Waals surface area contributed by atoms with Crippen LogP contribution in [0.4, 0.5) is 5.00 Å². The molecule has 4 rings (SSSR count). The summed E-state index contributed by atoms with van der Waals surface area (Å²) in [5.74, 6) is 0.211. The minimum absolute atomic E-state index is 0.211. The Kier molecular flexibility index (Phi) is 3.87. The average Bonchev–Trinajstić information content (AvgIpc) is 3.18. The van der Waals surface area contributed by atoms with Crippen LogP contribution in [0.5, 0.6) is 0 Å². The molecular weight excluding hydrogens is 346 g/mol. The van der Waals surface area contributed by atoms with Crippen LogP contribution in [0.3, 0.4) is 0 Å². The lowest BCUT2D eigenvalue weighted by atomic mass is 9.71. The number of aryl methyl sites for hydroxylation is 1. The number of hydrogen-bond acceptors (Lipinski definition) is 7. The molecule has 0 aromatic carbocycles. The summed E-state index contributed by atoms with van der Waals surface area (Å²) in [6.45, 7) is 1.74. The third-order valence-electron chi connectivity index (χ3n) is 5.69. The Balaban J connectivity index is 1.57. The van der Waals surface area contributed by atoms with Gasteiger partial charge in [0.05, 0.1) is 17.1 Å². The minimum atomic E-state index is -3.36. The standard InChI is InChI=1S/C15H21N5O2S2/c1-19-14(3-8-17-19)24(21,22)15(6-2-7-15)12-4-9-20(10-5-12)13-11-16-18-23-13/h3,8,11-12H,2,4-7,9-10H2,1H3. The molecule has 1 aliphatic carbocycles. The van der Waals surface area contributed by atoms with Gasteiger partial charge in [0.1, 0.15) is 5.00 Å². The quantitative estimate of drug-likeness (QED) is 0.821. The molecule has 7 nitrogen and oxygen atoms in total. The number of aromatic nitrogens is 4. The number of sulfone groups is 1. The van der Waals surface area contributed by atoms with Crippen molar-refractivity contribution in [2.45, 2.75) is 41.9 Å². The van der Waals surface area contributed by atoms with Crippen LogP contribution < -0.4 is 4.90 Å². The second kappa shape index (κ2) is 5.80. The van der Waals surface area contributed by atoms with Crippen molar-refractivity contribution in [3.05, 3.63) is 18.5 Å². The fourth-order valence-corrected chi connectivity index (χ4v) is 7.30. The summed E-state index contributed by atoms with van der Waals surface area (Å²) in [5, 5.41) is 9.39.